The molecule has 0 radical (unpaired) electrons. The molecule has 1 aliphatic rings. The summed E-state index contributed by atoms with van der Waals surface area (Å²) >= 11 is 5.91. The first-order valence-electron chi connectivity index (χ1n) is 7.64. The number of carbonyl (C=O) groups is 2. The summed E-state index contributed by atoms with van der Waals surface area (Å²) in [5, 5.41) is 0.408. The zero-order valence-corrected chi connectivity index (χ0v) is 13.9. The number of rotatable bonds is 3. The Bertz CT molecular complexity index is 805. The number of carbonyl (C=O) groups excluding carboxylic acids is 2. The standard InChI is InChI=1S/C18H17ClN2O3/c1-24-16-8-7-14(19)10-15(16)18(23)21-20-17(22)13-6-5-11-3-2-4-12(11)9-13/h5-10H,2-4H2,1H3,(H,20,22)(H,21,23). The number of aryl methyl sites for hydroxylation is 2. The highest BCUT2D eigenvalue weighted by Gasteiger charge is 2.16. The van der Waals surface area contributed by atoms with E-state index in [0.717, 1.165) is 19.3 Å². The highest BCUT2D eigenvalue weighted by Crippen LogP contribution is 2.23. The molecule has 6 heteroatoms. The maximum atomic E-state index is 12.2. The Balaban J connectivity index is 1.68. The molecule has 0 heterocycles. The second-order valence-corrected chi connectivity index (χ2v) is 6.03. The second-order valence-electron chi connectivity index (χ2n) is 5.59. The van der Waals surface area contributed by atoms with Crippen LogP contribution in [-0.2, 0) is 12.8 Å². The molecule has 0 aliphatic heterocycles. The number of nitrogens with one attached hydrogen (secondary N) is 2. The summed E-state index contributed by atoms with van der Waals surface area (Å²) in [7, 11) is 1.46. The fourth-order valence-corrected chi connectivity index (χ4v) is 3.00. The van der Waals surface area contributed by atoms with Crippen LogP contribution < -0.4 is 15.6 Å². The van der Waals surface area contributed by atoms with Crippen molar-refractivity contribution in [3.63, 3.8) is 0 Å². The summed E-state index contributed by atoms with van der Waals surface area (Å²) in [6, 6.07) is 10.3. The van der Waals surface area contributed by atoms with Crippen molar-refractivity contribution in [3.05, 3.63) is 63.7 Å². The lowest BCUT2D eigenvalue weighted by atomic mass is 10.1. The minimum atomic E-state index is -0.496. The van der Waals surface area contributed by atoms with Gasteiger partial charge in [-0.2, -0.15) is 0 Å². The van der Waals surface area contributed by atoms with E-state index in [4.69, 9.17) is 16.3 Å². The number of hydrogen-bond donors (Lipinski definition) is 2. The minimum absolute atomic E-state index is 0.249. The summed E-state index contributed by atoms with van der Waals surface area (Å²) in [4.78, 5) is 24.5. The molecule has 0 spiro atoms. The number of halogens is 1. The molecule has 5 nitrogen and oxygen atoms in total. The third-order valence-electron chi connectivity index (χ3n) is 4.06. The van der Waals surface area contributed by atoms with E-state index in [-0.39, 0.29) is 11.5 Å². The van der Waals surface area contributed by atoms with Crippen molar-refractivity contribution in [1.29, 1.82) is 0 Å². The molecule has 2 aromatic carbocycles. The number of ether oxygens (including phenoxy) is 1. The van der Waals surface area contributed by atoms with Crippen LogP contribution in [-0.4, -0.2) is 18.9 Å². The molecule has 2 amide bonds. The van der Waals surface area contributed by atoms with E-state index in [1.807, 2.05) is 12.1 Å². The van der Waals surface area contributed by atoms with Crippen molar-refractivity contribution in [2.24, 2.45) is 0 Å². The summed E-state index contributed by atoms with van der Waals surface area (Å²) in [5.74, 6) is -0.480. The van der Waals surface area contributed by atoms with Crippen LogP contribution >= 0.6 is 11.6 Å². The second kappa shape index (κ2) is 6.93. The topological polar surface area (TPSA) is 67.4 Å². The predicted octanol–water partition coefficient (Wildman–Crippen LogP) is 2.91. The van der Waals surface area contributed by atoms with Gasteiger partial charge in [-0.15, -0.1) is 0 Å². The van der Waals surface area contributed by atoms with Crippen LogP contribution in [0, 0.1) is 0 Å². The monoisotopic (exact) mass is 344 g/mol. The van der Waals surface area contributed by atoms with Gasteiger partial charge in [-0.25, -0.2) is 0 Å². The smallest absolute Gasteiger partial charge is 0.273 e. The fraction of sp³-hybridized carbons (Fsp3) is 0.222. The Kier molecular flexibility index (Phi) is 4.71. The number of hydrazine groups is 1. The SMILES string of the molecule is COc1ccc(Cl)cc1C(=O)NNC(=O)c1ccc2c(c1)CCC2. The van der Waals surface area contributed by atoms with Gasteiger partial charge in [0.15, 0.2) is 0 Å². The number of benzene rings is 2. The fourth-order valence-electron chi connectivity index (χ4n) is 2.82. The number of hydrogen-bond acceptors (Lipinski definition) is 3. The van der Waals surface area contributed by atoms with E-state index in [0.29, 0.717) is 16.3 Å². The van der Waals surface area contributed by atoms with Gasteiger partial charge >= 0.3 is 0 Å². The Labute approximate surface area is 144 Å². The van der Waals surface area contributed by atoms with E-state index >= 15 is 0 Å². The highest BCUT2D eigenvalue weighted by molar-refractivity contribution is 6.31. The molecule has 0 saturated heterocycles. The quantitative estimate of drug-likeness (QED) is 0.841. The molecule has 1 aliphatic carbocycles. The van der Waals surface area contributed by atoms with E-state index in [1.54, 1.807) is 18.2 Å². The molecular formula is C18H17ClN2O3. The molecule has 124 valence electrons. The largest absolute Gasteiger partial charge is 0.496 e. The van der Waals surface area contributed by atoms with Crippen molar-refractivity contribution in [3.8, 4) is 5.75 Å². The van der Waals surface area contributed by atoms with Crippen LogP contribution in [0.1, 0.15) is 38.3 Å². The molecule has 0 bridgehead atoms. The zero-order valence-electron chi connectivity index (χ0n) is 13.2. The average Bonchev–Trinajstić information content (AvgIpc) is 3.06. The molecule has 24 heavy (non-hydrogen) atoms. The highest BCUT2D eigenvalue weighted by atomic mass is 35.5. The number of fused-ring (bicyclic) bond motifs is 1. The van der Waals surface area contributed by atoms with Crippen LogP contribution in [0.25, 0.3) is 0 Å². The molecule has 0 fully saturated rings. The van der Waals surface area contributed by atoms with Gasteiger partial charge in [-0.3, -0.25) is 20.4 Å². The van der Waals surface area contributed by atoms with E-state index < -0.39 is 5.91 Å². The van der Waals surface area contributed by atoms with E-state index in [1.165, 1.54) is 24.3 Å². The summed E-state index contributed by atoms with van der Waals surface area (Å²) < 4.78 is 5.13. The van der Waals surface area contributed by atoms with E-state index in [9.17, 15) is 9.59 Å². The van der Waals surface area contributed by atoms with Crippen LogP contribution in [0.5, 0.6) is 5.75 Å². The van der Waals surface area contributed by atoms with Crippen LogP contribution in [0.3, 0.4) is 0 Å². The Morgan fingerprint density at radius 1 is 1.00 bits per heavy atom. The molecule has 3 rings (SSSR count). The van der Waals surface area contributed by atoms with E-state index in [2.05, 4.69) is 10.9 Å². The Morgan fingerprint density at radius 2 is 1.75 bits per heavy atom. The third-order valence-corrected chi connectivity index (χ3v) is 4.29. The van der Waals surface area contributed by atoms with Crippen molar-refractivity contribution in [2.45, 2.75) is 19.3 Å². The van der Waals surface area contributed by atoms with Crippen molar-refractivity contribution >= 4 is 23.4 Å². The van der Waals surface area contributed by atoms with Gasteiger partial charge in [0.05, 0.1) is 12.7 Å². The number of methoxy groups -OCH3 is 1. The van der Waals surface area contributed by atoms with Crippen molar-refractivity contribution in [1.82, 2.24) is 10.9 Å². The van der Waals surface area contributed by atoms with Gasteiger partial charge in [-0.1, -0.05) is 17.7 Å². The van der Waals surface area contributed by atoms with Crippen LogP contribution in [0.4, 0.5) is 0 Å². The van der Waals surface area contributed by atoms with Gasteiger partial charge in [0.25, 0.3) is 11.8 Å². The summed E-state index contributed by atoms with van der Waals surface area (Å²) in [6.07, 6.45) is 3.16. The van der Waals surface area contributed by atoms with Gasteiger partial charge < -0.3 is 4.74 Å². The lowest BCUT2D eigenvalue weighted by molar-refractivity contribution is 0.0845. The van der Waals surface area contributed by atoms with Gasteiger partial charge in [-0.05, 0) is 60.7 Å². The Morgan fingerprint density at radius 3 is 2.54 bits per heavy atom. The normalized spacial score (nSPS) is 12.4. The first kappa shape index (κ1) is 16.3. The van der Waals surface area contributed by atoms with Gasteiger partial charge in [0.1, 0.15) is 5.75 Å². The molecule has 0 saturated carbocycles. The maximum Gasteiger partial charge on any atom is 0.273 e. The van der Waals surface area contributed by atoms with Crippen LogP contribution in [0.15, 0.2) is 36.4 Å². The van der Waals surface area contributed by atoms with Crippen molar-refractivity contribution < 1.29 is 14.3 Å². The lowest BCUT2D eigenvalue weighted by Gasteiger charge is -2.11. The zero-order chi connectivity index (χ0) is 17.1. The molecular weight excluding hydrogens is 328 g/mol. The molecule has 2 aromatic rings. The maximum absolute atomic E-state index is 12.2. The van der Waals surface area contributed by atoms with Gasteiger partial charge in [0.2, 0.25) is 0 Å². The first-order valence-corrected chi connectivity index (χ1v) is 8.02. The van der Waals surface area contributed by atoms with Gasteiger partial charge in [0, 0.05) is 10.6 Å². The average molecular weight is 345 g/mol. The summed E-state index contributed by atoms with van der Waals surface area (Å²) in [5.41, 5.74) is 8.07. The number of amides is 2. The third kappa shape index (κ3) is 3.36. The Hall–Kier alpha value is -2.53. The summed E-state index contributed by atoms with van der Waals surface area (Å²) in [6.45, 7) is 0. The molecule has 2 N–H and O–H groups in total. The minimum Gasteiger partial charge on any atom is -0.496 e. The lowest BCUT2D eigenvalue weighted by Crippen LogP contribution is -2.41. The molecule has 0 atom stereocenters. The van der Waals surface area contributed by atoms with Crippen LogP contribution in [0.2, 0.25) is 5.02 Å². The first-order chi connectivity index (χ1) is 11.6. The molecule has 0 aromatic heterocycles. The predicted molar refractivity (Wildman–Crippen MR) is 91.4 cm³/mol. The molecule has 0 unspecified atom stereocenters. The van der Waals surface area contributed by atoms with Crippen molar-refractivity contribution in [2.75, 3.05) is 7.11 Å².